The van der Waals surface area contributed by atoms with E-state index in [9.17, 15) is 14.9 Å². The molecule has 6 heteroatoms. The first-order valence-electron chi connectivity index (χ1n) is 16.2. The van der Waals surface area contributed by atoms with Crippen molar-refractivity contribution in [3.8, 4) is 6.07 Å². The largest absolute Gasteiger partial charge is 0.426 e. The molecule has 0 saturated heterocycles. The minimum atomic E-state index is -0.479. The van der Waals surface area contributed by atoms with Gasteiger partial charge in [-0.15, -0.1) is 10.2 Å². The molecule has 0 amide bonds. The zero-order valence-corrected chi connectivity index (χ0v) is 27.8. The van der Waals surface area contributed by atoms with Crippen molar-refractivity contribution in [2.24, 2.45) is 44.8 Å². The van der Waals surface area contributed by atoms with Crippen LogP contribution in [0, 0.1) is 63.1 Å². The Morgan fingerprint density at radius 1 is 1.07 bits per heavy atom. The summed E-state index contributed by atoms with van der Waals surface area (Å²) in [7, 11) is 0. The average molecular weight is 576 g/mol. The maximum Gasteiger partial charge on any atom is 0.216 e. The molecule has 1 aromatic heterocycles. The summed E-state index contributed by atoms with van der Waals surface area (Å²) < 4.78 is 5.75. The Morgan fingerprint density at radius 3 is 2.36 bits per heavy atom. The number of nitriles is 1. The third kappa shape index (κ3) is 5.46. The molecule has 7 atom stereocenters. The maximum atomic E-state index is 13.8. The van der Waals surface area contributed by atoms with E-state index in [0.29, 0.717) is 11.8 Å². The van der Waals surface area contributed by atoms with Gasteiger partial charge in [0.1, 0.15) is 6.07 Å². The van der Waals surface area contributed by atoms with Crippen LogP contribution in [0.15, 0.2) is 27.7 Å². The van der Waals surface area contributed by atoms with E-state index in [1.165, 1.54) is 0 Å². The highest BCUT2D eigenvalue weighted by atomic mass is 16.4. The number of allylic oxidation sites excluding steroid dienone is 4. The number of aromatic nitrogens is 2. The molecule has 42 heavy (non-hydrogen) atoms. The van der Waals surface area contributed by atoms with Gasteiger partial charge < -0.3 is 4.42 Å². The van der Waals surface area contributed by atoms with Crippen LogP contribution in [-0.2, 0) is 16.0 Å². The lowest BCUT2D eigenvalue weighted by atomic mass is 9.40. The van der Waals surface area contributed by atoms with Gasteiger partial charge in [-0.3, -0.25) is 9.59 Å². The van der Waals surface area contributed by atoms with Gasteiger partial charge in [0.05, 0.1) is 5.57 Å². The van der Waals surface area contributed by atoms with Crippen molar-refractivity contribution < 1.29 is 14.0 Å². The first-order valence-corrected chi connectivity index (χ1v) is 16.2. The lowest BCUT2D eigenvalue weighted by molar-refractivity contribution is -0.133. The van der Waals surface area contributed by atoms with Crippen molar-refractivity contribution >= 4 is 11.6 Å². The SMILES string of the molecule is CCC(C)(C)CC[C@](C)(CCc1nnc(C)o1)CC[C@]1(C)C(C)C(=O)C=C2[C@@]3(C)C=C(C#N)C(=O)[C@@H](C)[C@@H]3CC[C@]21C. The van der Waals surface area contributed by atoms with Crippen LogP contribution in [0.4, 0.5) is 0 Å². The van der Waals surface area contributed by atoms with E-state index in [-0.39, 0.29) is 56.6 Å². The van der Waals surface area contributed by atoms with Crippen LogP contribution in [-0.4, -0.2) is 21.8 Å². The van der Waals surface area contributed by atoms with Gasteiger partial charge in [-0.25, -0.2) is 0 Å². The summed E-state index contributed by atoms with van der Waals surface area (Å²) in [6.45, 7) is 22.2. The lowest BCUT2D eigenvalue weighted by Crippen LogP contribution is -2.58. The Kier molecular flexibility index (Phi) is 8.62. The number of ketones is 2. The van der Waals surface area contributed by atoms with Crippen molar-refractivity contribution in [3.63, 3.8) is 0 Å². The Balaban J connectivity index is 1.68. The molecule has 3 aliphatic carbocycles. The highest BCUT2D eigenvalue weighted by Gasteiger charge is 2.62. The Morgan fingerprint density at radius 2 is 1.76 bits per heavy atom. The average Bonchev–Trinajstić information content (AvgIpc) is 3.37. The topological polar surface area (TPSA) is 96.8 Å². The number of aryl methyl sites for hydroxylation is 2. The second-order valence-corrected chi connectivity index (χ2v) is 15.7. The third-order valence-electron chi connectivity index (χ3n) is 12.8. The summed E-state index contributed by atoms with van der Waals surface area (Å²) in [6, 6.07) is 2.18. The molecule has 1 fully saturated rings. The Bertz CT molecular complexity index is 1330. The summed E-state index contributed by atoms with van der Waals surface area (Å²) in [5.74, 6) is 1.20. The normalized spacial score (nSPS) is 34.5. The highest BCUT2D eigenvalue weighted by molar-refractivity contribution is 6.02. The monoisotopic (exact) mass is 575 g/mol. The quantitative estimate of drug-likeness (QED) is 0.277. The summed E-state index contributed by atoms with van der Waals surface area (Å²) in [6.07, 6.45) is 12.7. The van der Waals surface area contributed by atoms with E-state index >= 15 is 0 Å². The molecular weight excluding hydrogens is 522 g/mol. The second kappa shape index (κ2) is 11.2. The lowest BCUT2D eigenvalue weighted by Gasteiger charge is -2.63. The molecule has 3 aliphatic rings. The first kappa shape index (κ1) is 32.4. The molecule has 0 aliphatic heterocycles. The van der Waals surface area contributed by atoms with Gasteiger partial charge >= 0.3 is 0 Å². The van der Waals surface area contributed by atoms with E-state index in [1.807, 2.05) is 26.0 Å². The standard InChI is InChI=1S/C36H53N3O3/c1-11-32(5,6)16-17-33(7,14-13-30-39-38-25(4)42-30)18-19-35(9)24(3)28(40)20-29-34(8)21-26(22-37)31(41)23(2)27(34)12-15-36(29,35)10/h20-21,23-24,27H,11-19H2,1-10H3/t23-,24?,27-,33-,34-,35+,36+/m0/s1. The van der Waals surface area contributed by atoms with Crippen LogP contribution in [0.5, 0.6) is 0 Å². The molecule has 0 N–H and O–H groups in total. The fraction of sp³-hybridized carbons (Fsp3) is 0.750. The fourth-order valence-corrected chi connectivity index (χ4v) is 8.57. The van der Waals surface area contributed by atoms with Gasteiger partial charge in [-0.1, -0.05) is 80.4 Å². The minimum Gasteiger partial charge on any atom is -0.426 e. The Labute approximate surface area is 253 Å². The number of carbonyl (C=O) groups excluding carboxylic acids is 2. The van der Waals surface area contributed by atoms with Crippen LogP contribution in [0.1, 0.15) is 125 Å². The van der Waals surface area contributed by atoms with E-state index in [2.05, 4.69) is 71.7 Å². The van der Waals surface area contributed by atoms with Crippen molar-refractivity contribution in [2.45, 2.75) is 127 Å². The summed E-state index contributed by atoms with van der Waals surface area (Å²) in [5.41, 5.74) is 0.771. The van der Waals surface area contributed by atoms with Gasteiger partial charge in [0.15, 0.2) is 11.6 Å². The molecule has 230 valence electrons. The molecule has 0 radical (unpaired) electrons. The minimum absolute atomic E-state index is 0.0512. The zero-order valence-electron chi connectivity index (χ0n) is 27.8. The number of rotatable bonds is 10. The number of fused-ring (bicyclic) bond motifs is 3. The molecule has 1 unspecified atom stereocenters. The van der Waals surface area contributed by atoms with Crippen LogP contribution < -0.4 is 0 Å². The van der Waals surface area contributed by atoms with E-state index in [4.69, 9.17) is 4.42 Å². The maximum absolute atomic E-state index is 13.8. The molecular formula is C36H53N3O3. The molecule has 1 saturated carbocycles. The predicted octanol–water partition coefficient (Wildman–Crippen LogP) is 8.56. The predicted molar refractivity (Wildman–Crippen MR) is 165 cm³/mol. The first-order chi connectivity index (χ1) is 19.4. The molecule has 0 spiro atoms. The van der Waals surface area contributed by atoms with Gasteiger partial charge in [0, 0.05) is 30.6 Å². The van der Waals surface area contributed by atoms with E-state index in [0.717, 1.165) is 63.4 Å². The van der Waals surface area contributed by atoms with Crippen molar-refractivity contribution in [1.82, 2.24) is 10.2 Å². The van der Waals surface area contributed by atoms with Crippen molar-refractivity contribution in [2.75, 3.05) is 0 Å². The summed E-state index contributed by atoms with van der Waals surface area (Å²) in [4.78, 5) is 26.8. The number of hydrogen-bond donors (Lipinski definition) is 0. The molecule has 4 rings (SSSR count). The second-order valence-electron chi connectivity index (χ2n) is 15.7. The molecule has 1 aromatic rings. The van der Waals surface area contributed by atoms with Crippen LogP contribution in [0.2, 0.25) is 0 Å². The van der Waals surface area contributed by atoms with Gasteiger partial charge in [-0.05, 0) is 78.6 Å². The number of hydrogen-bond acceptors (Lipinski definition) is 6. The number of nitrogens with zero attached hydrogens (tertiary/aromatic N) is 3. The van der Waals surface area contributed by atoms with Gasteiger partial charge in [0.2, 0.25) is 11.8 Å². The fourth-order valence-electron chi connectivity index (χ4n) is 8.57. The summed E-state index contributed by atoms with van der Waals surface area (Å²) >= 11 is 0. The van der Waals surface area contributed by atoms with Crippen LogP contribution in [0.3, 0.4) is 0 Å². The molecule has 0 bridgehead atoms. The van der Waals surface area contributed by atoms with Gasteiger partial charge in [-0.2, -0.15) is 5.26 Å². The number of carbonyl (C=O) groups is 2. The molecule has 0 aromatic carbocycles. The van der Waals surface area contributed by atoms with E-state index in [1.54, 1.807) is 0 Å². The highest BCUT2D eigenvalue weighted by Crippen LogP contribution is 2.68. The zero-order chi connectivity index (χ0) is 31.3. The Hall–Kier alpha value is -2.55. The van der Waals surface area contributed by atoms with Gasteiger partial charge in [0.25, 0.3) is 0 Å². The van der Waals surface area contributed by atoms with E-state index < -0.39 is 5.41 Å². The third-order valence-corrected chi connectivity index (χ3v) is 12.8. The smallest absolute Gasteiger partial charge is 0.216 e. The van der Waals surface area contributed by atoms with Crippen LogP contribution >= 0.6 is 0 Å². The van der Waals surface area contributed by atoms with Crippen molar-refractivity contribution in [1.29, 1.82) is 5.26 Å². The molecule has 6 nitrogen and oxygen atoms in total. The van der Waals surface area contributed by atoms with Crippen molar-refractivity contribution in [3.05, 3.63) is 35.1 Å². The molecule has 1 heterocycles. The summed E-state index contributed by atoms with van der Waals surface area (Å²) in [5, 5.41) is 18.2. The van der Waals surface area contributed by atoms with Crippen LogP contribution in [0.25, 0.3) is 0 Å². The number of Topliss-reactive ketones (excluding diaryl/α,β-unsaturated/α-hetero) is 1.